The van der Waals surface area contributed by atoms with E-state index in [1.807, 2.05) is 39.0 Å². The molecule has 6 heteroatoms. The van der Waals surface area contributed by atoms with Crippen molar-refractivity contribution < 1.29 is 13.2 Å². The first-order valence-electron chi connectivity index (χ1n) is 10.3. The maximum absolute atomic E-state index is 12.5. The molecule has 0 aliphatic carbocycles. The Bertz CT molecular complexity index is 1030. The van der Waals surface area contributed by atoms with Gasteiger partial charge >= 0.3 is 0 Å². The molecule has 0 heterocycles. The van der Waals surface area contributed by atoms with Crippen molar-refractivity contribution in [3.8, 4) is 0 Å². The van der Waals surface area contributed by atoms with Gasteiger partial charge in [0.15, 0.2) is 0 Å². The molecule has 0 aromatic heterocycles. The highest BCUT2D eigenvalue weighted by Crippen LogP contribution is 2.23. The van der Waals surface area contributed by atoms with E-state index in [-0.39, 0.29) is 24.9 Å². The molecule has 30 heavy (non-hydrogen) atoms. The zero-order valence-electron chi connectivity index (χ0n) is 19.2. The third-order valence-electron chi connectivity index (χ3n) is 5.67. The fourth-order valence-electron chi connectivity index (χ4n) is 3.59. The average molecular weight is 431 g/mol. The molecule has 0 unspecified atom stereocenters. The second-order valence-electron chi connectivity index (χ2n) is 8.29. The minimum absolute atomic E-state index is 0.0753. The quantitative estimate of drug-likeness (QED) is 0.663. The maximum Gasteiger partial charge on any atom is 0.232 e. The summed E-state index contributed by atoms with van der Waals surface area (Å²) in [6.07, 6.45) is 1.92. The number of hydrogen-bond acceptors (Lipinski definition) is 3. The van der Waals surface area contributed by atoms with Crippen LogP contribution in [0.4, 0.5) is 5.69 Å². The van der Waals surface area contributed by atoms with Crippen LogP contribution in [0.3, 0.4) is 0 Å². The summed E-state index contributed by atoms with van der Waals surface area (Å²) in [6, 6.07) is 9.78. The van der Waals surface area contributed by atoms with Gasteiger partial charge < -0.3 is 5.32 Å². The molecule has 0 spiro atoms. The molecule has 0 saturated heterocycles. The van der Waals surface area contributed by atoms with Crippen LogP contribution in [0, 0.1) is 34.6 Å². The Hall–Kier alpha value is -2.34. The van der Waals surface area contributed by atoms with Crippen molar-refractivity contribution in [3.05, 3.63) is 63.7 Å². The molecule has 0 aliphatic heterocycles. The summed E-state index contributed by atoms with van der Waals surface area (Å²) < 4.78 is 26.0. The van der Waals surface area contributed by atoms with E-state index in [0.29, 0.717) is 12.1 Å². The normalized spacial score (nSPS) is 12.5. The number of carbonyl (C=O) groups excluding carboxylic acids is 1. The zero-order chi connectivity index (χ0) is 22.6. The Balaban J connectivity index is 2.00. The number of nitrogens with zero attached hydrogens (tertiary/aromatic N) is 1. The predicted octanol–water partition coefficient (Wildman–Crippen LogP) is 4.65. The van der Waals surface area contributed by atoms with Crippen molar-refractivity contribution in [3.63, 3.8) is 0 Å². The second kappa shape index (κ2) is 9.65. The van der Waals surface area contributed by atoms with Gasteiger partial charge in [0, 0.05) is 13.0 Å². The van der Waals surface area contributed by atoms with E-state index in [1.54, 1.807) is 0 Å². The van der Waals surface area contributed by atoms with Crippen molar-refractivity contribution in [1.29, 1.82) is 0 Å². The monoisotopic (exact) mass is 430 g/mol. The molecule has 1 amide bonds. The molecule has 1 N–H and O–H groups in total. The number of aryl methyl sites for hydroxylation is 5. The molecular weight excluding hydrogens is 396 g/mol. The minimum atomic E-state index is -3.42. The topological polar surface area (TPSA) is 66.5 Å². The summed E-state index contributed by atoms with van der Waals surface area (Å²) in [4.78, 5) is 12.5. The van der Waals surface area contributed by atoms with E-state index in [2.05, 4.69) is 38.2 Å². The molecule has 2 rings (SSSR count). The van der Waals surface area contributed by atoms with Gasteiger partial charge in [-0.05, 0) is 93.5 Å². The van der Waals surface area contributed by atoms with E-state index in [0.717, 1.165) is 22.3 Å². The lowest BCUT2D eigenvalue weighted by Crippen LogP contribution is -2.32. The van der Waals surface area contributed by atoms with E-state index in [1.165, 1.54) is 21.7 Å². The Morgan fingerprint density at radius 3 is 2.13 bits per heavy atom. The van der Waals surface area contributed by atoms with Crippen LogP contribution in [-0.2, 0) is 14.8 Å². The minimum Gasteiger partial charge on any atom is -0.350 e. The molecule has 0 saturated carbocycles. The summed E-state index contributed by atoms with van der Waals surface area (Å²) in [7, 11) is -3.42. The number of nitrogens with one attached hydrogen (secondary N) is 1. The largest absolute Gasteiger partial charge is 0.350 e. The maximum atomic E-state index is 12.5. The first-order valence-corrected chi connectivity index (χ1v) is 12.2. The number of hydrogen-bond donors (Lipinski definition) is 1. The highest BCUT2D eigenvalue weighted by atomic mass is 32.2. The lowest BCUT2D eigenvalue weighted by molar-refractivity contribution is -0.121. The first-order chi connectivity index (χ1) is 13.9. The molecule has 5 nitrogen and oxygen atoms in total. The molecule has 0 fully saturated rings. The Labute approximate surface area is 181 Å². The van der Waals surface area contributed by atoms with Crippen LogP contribution >= 0.6 is 0 Å². The van der Waals surface area contributed by atoms with Gasteiger partial charge in [-0.2, -0.15) is 0 Å². The number of amides is 1. The third-order valence-corrected chi connectivity index (χ3v) is 6.86. The van der Waals surface area contributed by atoms with E-state index < -0.39 is 10.0 Å². The van der Waals surface area contributed by atoms with Crippen LogP contribution in [0.25, 0.3) is 0 Å². The summed E-state index contributed by atoms with van der Waals surface area (Å²) in [5.41, 5.74) is 7.50. The van der Waals surface area contributed by atoms with Crippen molar-refractivity contribution >= 4 is 21.6 Å². The average Bonchev–Trinajstić information content (AvgIpc) is 2.63. The van der Waals surface area contributed by atoms with Gasteiger partial charge in [-0.3, -0.25) is 9.10 Å². The van der Waals surface area contributed by atoms with Gasteiger partial charge in [-0.1, -0.05) is 18.2 Å². The number of sulfonamides is 1. The Morgan fingerprint density at radius 1 is 0.933 bits per heavy atom. The van der Waals surface area contributed by atoms with Crippen LogP contribution < -0.4 is 9.62 Å². The smallest absolute Gasteiger partial charge is 0.232 e. The van der Waals surface area contributed by atoms with Crippen molar-refractivity contribution in [2.75, 3.05) is 17.1 Å². The Kier molecular flexibility index (Phi) is 7.70. The summed E-state index contributed by atoms with van der Waals surface area (Å²) in [5.74, 6) is -0.0753. The lowest BCUT2D eigenvalue weighted by atomic mass is 9.96. The van der Waals surface area contributed by atoms with Crippen LogP contribution in [0.15, 0.2) is 30.3 Å². The van der Waals surface area contributed by atoms with E-state index >= 15 is 0 Å². The van der Waals surface area contributed by atoms with E-state index in [9.17, 15) is 13.2 Å². The molecule has 2 aromatic rings. The SMILES string of the molecule is Cc1ccc(N(CCCC(=O)N[C@@H](C)c2cc(C)c(C)cc2C)S(C)(=O)=O)cc1C. The first kappa shape index (κ1) is 23.9. The molecule has 164 valence electrons. The highest BCUT2D eigenvalue weighted by molar-refractivity contribution is 7.92. The molecule has 1 atom stereocenters. The molecule has 0 aliphatic rings. The van der Waals surface area contributed by atoms with Gasteiger partial charge in [0.1, 0.15) is 0 Å². The van der Waals surface area contributed by atoms with Gasteiger partial charge in [0.2, 0.25) is 15.9 Å². The van der Waals surface area contributed by atoms with Crippen LogP contribution in [0.2, 0.25) is 0 Å². The summed E-state index contributed by atoms with van der Waals surface area (Å²) in [5, 5.41) is 3.05. The van der Waals surface area contributed by atoms with Crippen molar-refractivity contribution in [2.24, 2.45) is 0 Å². The predicted molar refractivity (Wildman–Crippen MR) is 125 cm³/mol. The van der Waals surface area contributed by atoms with Gasteiger partial charge in [-0.15, -0.1) is 0 Å². The highest BCUT2D eigenvalue weighted by Gasteiger charge is 2.19. The van der Waals surface area contributed by atoms with Crippen molar-refractivity contribution in [2.45, 2.75) is 60.4 Å². The fourth-order valence-corrected chi connectivity index (χ4v) is 4.55. The molecule has 2 aromatic carbocycles. The molecule has 0 bridgehead atoms. The number of benzene rings is 2. The number of carbonyl (C=O) groups is 1. The standard InChI is InChI=1S/C24H34N2O3S/c1-16-10-11-22(14-18(16)3)26(30(7,28)29)12-8-9-24(27)25-21(6)23-15-19(4)17(2)13-20(23)5/h10-11,13-15,21H,8-9,12H2,1-7H3,(H,25,27)/t21-/m0/s1. The van der Waals surface area contributed by atoms with Gasteiger partial charge in [0.05, 0.1) is 18.0 Å². The number of anilines is 1. The lowest BCUT2D eigenvalue weighted by Gasteiger charge is -2.23. The fraction of sp³-hybridized carbons (Fsp3) is 0.458. The summed E-state index contributed by atoms with van der Waals surface area (Å²) in [6.45, 7) is 12.4. The van der Waals surface area contributed by atoms with Crippen molar-refractivity contribution in [1.82, 2.24) is 5.32 Å². The van der Waals surface area contributed by atoms with E-state index in [4.69, 9.17) is 0 Å². The second-order valence-corrected chi connectivity index (χ2v) is 10.2. The van der Waals surface area contributed by atoms with Crippen LogP contribution in [0.1, 0.15) is 59.2 Å². The van der Waals surface area contributed by atoms with Gasteiger partial charge in [0.25, 0.3) is 0 Å². The Morgan fingerprint density at radius 2 is 1.53 bits per heavy atom. The van der Waals surface area contributed by atoms with Crippen LogP contribution in [0.5, 0.6) is 0 Å². The zero-order valence-corrected chi connectivity index (χ0v) is 20.0. The summed E-state index contributed by atoms with van der Waals surface area (Å²) >= 11 is 0. The number of rotatable bonds is 8. The molecule has 0 radical (unpaired) electrons. The molecular formula is C24H34N2O3S. The third kappa shape index (κ3) is 6.08. The van der Waals surface area contributed by atoms with Crippen LogP contribution in [-0.4, -0.2) is 27.1 Å². The van der Waals surface area contributed by atoms with Gasteiger partial charge in [-0.25, -0.2) is 8.42 Å².